The number of fused-ring (bicyclic) bond motifs is 7. The first-order valence-electron chi connectivity index (χ1n) is 11.9. The molecule has 2 saturated carbocycles. The van der Waals surface area contributed by atoms with Crippen molar-refractivity contribution in [3.05, 3.63) is 94.5 Å². The fourth-order valence-electron chi connectivity index (χ4n) is 6.81. The number of carbonyl (C=O) groups is 1. The molecule has 162 valence electrons. The molecule has 1 amide bonds. The lowest BCUT2D eigenvalue weighted by molar-refractivity contribution is 0.102. The molecule has 3 aromatic carbocycles. The van der Waals surface area contributed by atoms with Crippen LogP contribution in [0.15, 0.2) is 66.7 Å². The monoisotopic (exact) mass is 422 g/mol. The number of hydrogen-bond acceptors (Lipinski definition) is 2. The van der Waals surface area contributed by atoms with Crippen molar-refractivity contribution < 1.29 is 4.79 Å². The molecule has 0 saturated heterocycles. The van der Waals surface area contributed by atoms with Crippen LogP contribution in [-0.4, -0.2) is 5.91 Å². The summed E-state index contributed by atoms with van der Waals surface area (Å²) in [6.45, 7) is 4.09. The molecule has 5 atom stereocenters. The van der Waals surface area contributed by atoms with Crippen molar-refractivity contribution in [2.75, 3.05) is 10.6 Å². The molecule has 5 unspecified atom stereocenters. The van der Waals surface area contributed by atoms with E-state index in [1.807, 2.05) is 38.1 Å². The van der Waals surface area contributed by atoms with Gasteiger partial charge in [0.1, 0.15) is 0 Å². The standard InChI is InChI=1S/C29H30N2O/c1-17-7-6-8-18(2)27(17)31-29(32)22-13-14-24-23(16-22)25-20-11-12-21(15-20)26(25)28(30-24)19-9-4-3-5-10-19/h3-10,13-14,16,20-21,25-26,28,30H,11-12,15H2,1-2H3,(H,31,32). The van der Waals surface area contributed by atoms with E-state index in [9.17, 15) is 4.79 Å². The Balaban J connectivity index is 1.36. The van der Waals surface area contributed by atoms with Gasteiger partial charge in [0.2, 0.25) is 0 Å². The van der Waals surface area contributed by atoms with Gasteiger partial charge in [-0.15, -0.1) is 0 Å². The average Bonchev–Trinajstić information content (AvgIpc) is 3.44. The summed E-state index contributed by atoms with van der Waals surface area (Å²) in [5.74, 6) is 2.66. The summed E-state index contributed by atoms with van der Waals surface area (Å²) in [4.78, 5) is 13.2. The van der Waals surface area contributed by atoms with Crippen LogP contribution in [0.2, 0.25) is 0 Å². The van der Waals surface area contributed by atoms with Gasteiger partial charge in [-0.05, 0) is 97.2 Å². The lowest BCUT2D eigenvalue weighted by Crippen LogP contribution is -2.35. The van der Waals surface area contributed by atoms with Crippen LogP contribution in [0.5, 0.6) is 0 Å². The Labute approximate surface area is 190 Å². The van der Waals surface area contributed by atoms with Crippen molar-refractivity contribution >= 4 is 17.3 Å². The second kappa shape index (κ2) is 7.51. The van der Waals surface area contributed by atoms with E-state index in [-0.39, 0.29) is 5.91 Å². The van der Waals surface area contributed by atoms with E-state index in [1.54, 1.807) is 0 Å². The van der Waals surface area contributed by atoms with Crippen molar-refractivity contribution in [3.63, 3.8) is 0 Å². The highest BCUT2D eigenvalue weighted by Gasteiger charge is 2.53. The number of benzene rings is 3. The molecule has 2 aliphatic carbocycles. The number of anilines is 2. The lowest BCUT2D eigenvalue weighted by atomic mass is 9.68. The Morgan fingerprint density at radius 3 is 2.44 bits per heavy atom. The van der Waals surface area contributed by atoms with Gasteiger partial charge in [0.15, 0.2) is 0 Å². The smallest absolute Gasteiger partial charge is 0.255 e. The molecule has 6 rings (SSSR count). The van der Waals surface area contributed by atoms with Gasteiger partial charge in [-0.3, -0.25) is 4.79 Å². The van der Waals surface area contributed by atoms with Crippen LogP contribution in [0.25, 0.3) is 0 Å². The highest BCUT2D eigenvalue weighted by molar-refractivity contribution is 6.05. The van der Waals surface area contributed by atoms with E-state index in [0.717, 1.165) is 34.2 Å². The summed E-state index contributed by atoms with van der Waals surface area (Å²) in [6, 6.07) is 23.7. The first-order chi connectivity index (χ1) is 15.6. The highest BCUT2D eigenvalue weighted by atomic mass is 16.1. The number of rotatable bonds is 3. The van der Waals surface area contributed by atoms with Gasteiger partial charge in [0, 0.05) is 16.9 Å². The van der Waals surface area contributed by atoms with Crippen LogP contribution in [-0.2, 0) is 0 Å². The molecule has 1 heterocycles. The quantitative estimate of drug-likeness (QED) is 0.484. The van der Waals surface area contributed by atoms with E-state index in [1.165, 1.54) is 36.1 Å². The third kappa shape index (κ3) is 3.06. The van der Waals surface area contributed by atoms with Gasteiger partial charge < -0.3 is 10.6 Å². The van der Waals surface area contributed by atoms with Crippen LogP contribution in [0.4, 0.5) is 11.4 Å². The molecule has 2 bridgehead atoms. The van der Waals surface area contributed by atoms with Crippen LogP contribution >= 0.6 is 0 Å². The number of amides is 1. The van der Waals surface area contributed by atoms with Gasteiger partial charge in [-0.25, -0.2) is 0 Å². The summed E-state index contributed by atoms with van der Waals surface area (Å²) in [5, 5.41) is 7.04. The topological polar surface area (TPSA) is 41.1 Å². The van der Waals surface area contributed by atoms with Gasteiger partial charge in [0.05, 0.1) is 6.04 Å². The van der Waals surface area contributed by atoms with Gasteiger partial charge in [-0.2, -0.15) is 0 Å². The fourth-order valence-corrected chi connectivity index (χ4v) is 6.81. The Morgan fingerprint density at radius 2 is 1.66 bits per heavy atom. The van der Waals surface area contributed by atoms with E-state index < -0.39 is 0 Å². The van der Waals surface area contributed by atoms with E-state index in [4.69, 9.17) is 0 Å². The minimum atomic E-state index is -0.0184. The maximum absolute atomic E-state index is 13.2. The van der Waals surface area contributed by atoms with Crippen molar-refractivity contribution in [3.8, 4) is 0 Å². The summed E-state index contributed by atoms with van der Waals surface area (Å²) < 4.78 is 0. The van der Waals surface area contributed by atoms with E-state index >= 15 is 0 Å². The second-order valence-corrected chi connectivity index (χ2v) is 9.99. The molecule has 2 N–H and O–H groups in total. The summed E-state index contributed by atoms with van der Waals surface area (Å²) in [5.41, 5.74) is 7.81. The maximum atomic E-state index is 13.2. The number of hydrogen-bond donors (Lipinski definition) is 2. The number of carbonyl (C=O) groups excluding carboxylic acids is 1. The summed E-state index contributed by atoms with van der Waals surface area (Å²) >= 11 is 0. The van der Waals surface area contributed by atoms with E-state index in [2.05, 4.69) is 53.1 Å². The van der Waals surface area contributed by atoms with Crippen molar-refractivity contribution in [2.45, 2.75) is 45.1 Å². The highest BCUT2D eigenvalue weighted by Crippen LogP contribution is 2.63. The maximum Gasteiger partial charge on any atom is 0.255 e. The fraction of sp³-hybridized carbons (Fsp3) is 0.345. The molecule has 3 aliphatic rings. The van der Waals surface area contributed by atoms with E-state index in [0.29, 0.717) is 17.9 Å². The molecular weight excluding hydrogens is 392 g/mol. The van der Waals surface area contributed by atoms with Crippen molar-refractivity contribution in [1.82, 2.24) is 0 Å². The zero-order chi connectivity index (χ0) is 21.8. The number of aryl methyl sites for hydroxylation is 2. The van der Waals surface area contributed by atoms with Gasteiger partial charge in [-0.1, -0.05) is 48.5 Å². The van der Waals surface area contributed by atoms with Crippen molar-refractivity contribution in [1.29, 1.82) is 0 Å². The summed E-state index contributed by atoms with van der Waals surface area (Å²) in [6.07, 6.45) is 4.00. The predicted octanol–water partition coefficient (Wildman–Crippen LogP) is 6.85. The van der Waals surface area contributed by atoms with Crippen LogP contribution < -0.4 is 10.6 Å². The molecule has 3 aromatic rings. The lowest BCUT2D eigenvalue weighted by Gasteiger charge is -2.43. The van der Waals surface area contributed by atoms with Crippen molar-refractivity contribution in [2.24, 2.45) is 17.8 Å². The number of nitrogens with one attached hydrogen (secondary N) is 2. The normalized spacial score (nSPS) is 27.4. The Morgan fingerprint density at radius 1 is 0.906 bits per heavy atom. The van der Waals surface area contributed by atoms with Crippen LogP contribution in [0.1, 0.15) is 63.8 Å². The zero-order valence-electron chi connectivity index (χ0n) is 18.8. The number of para-hydroxylation sites is 1. The van der Waals surface area contributed by atoms with Crippen LogP contribution in [0, 0.1) is 31.6 Å². The summed E-state index contributed by atoms with van der Waals surface area (Å²) in [7, 11) is 0. The largest absolute Gasteiger partial charge is 0.378 e. The van der Waals surface area contributed by atoms with Gasteiger partial charge in [0.25, 0.3) is 5.91 Å². The SMILES string of the molecule is Cc1cccc(C)c1NC(=O)c1ccc2c(c1)C1C3CCC(C3)C1C(c1ccccc1)N2. The average molecular weight is 423 g/mol. The first kappa shape index (κ1) is 19.6. The zero-order valence-corrected chi connectivity index (χ0v) is 18.8. The molecule has 0 radical (unpaired) electrons. The molecule has 3 nitrogen and oxygen atoms in total. The third-order valence-corrected chi connectivity index (χ3v) is 8.23. The molecule has 2 fully saturated rings. The minimum Gasteiger partial charge on any atom is -0.378 e. The Bertz CT molecular complexity index is 1160. The second-order valence-electron chi connectivity index (χ2n) is 9.99. The Hall–Kier alpha value is -3.07. The first-order valence-corrected chi connectivity index (χ1v) is 11.9. The Kier molecular flexibility index (Phi) is 4.60. The molecule has 0 aromatic heterocycles. The molecule has 32 heavy (non-hydrogen) atoms. The molecular formula is C29H30N2O. The van der Waals surface area contributed by atoms with Gasteiger partial charge >= 0.3 is 0 Å². The third-order valence-electron chi connectivity index (χ3n) is 8.23. The molecule has 3 heteroatoms. The molecule has 1 aliphatic heterocycles. The van der Waals surface area contributed by atoms with Crippen LogP contribution in [0.3, 0.4) is 0 Å². The minimum absolute atomic E-state index is 0.0184. The predicted molar refractivity (Wildman–Crippen MR) is 130 cm³/mol. The molecule has 0 spiro atoms.